The summed E-state index contributed by atoms with van der Waals surface area (Å²) in [6.45, 7) is 2.57. The van der Waals surface area contributed by atoms with Gasteiger partial charge in [-0.05, 0) is 37.3 Å². The first-order chi connectivity index (χ1) is 12.1. The Labute approximate surface area is 143 Å². The SMILES string of the molecule is CCNC(=O)NCc1c(-c2ccc(F)cc2)nc2ccc(OC)nn12. The molecule has 0 aliphatic heterocycles. The zero-order chi connectivity index (χ0) is 17.8. The van der Waals surface area contributed by atoms with E-state index >= 15 is 0 Å². The number of urea groups is 1. The molecule has 2 N–H and O–H groups in total. The van der Waals surface area contributed by atoms with Crippen LogP contribution in [-0.4, -0.2) is 34.3 Å². The molecule has 0 bridgehead atoms. The zero-order valence-corrected chi connectivity index (χ0v) is 13.9. The van der Waals surface area contributed by atoms with Crippen molar-refractivity contribution in [2.45, 2.75) is 13.5 Å². The molecule has 2 aromatic heterocycles. The molecule has 25 heavy (non-hydrogen) atoms. The number of methoxy groups -OCH3 is 1. The van der Waals surface area contributed by atoms with Crippen LogP contribution in [0.1, 0.15) is 12.6 Å². The number of carbonyl (C=O) groups is 1. The summed E-state index contributed by atoms with van der Waals surface area (Å²) in [4.78, 5) is 16.3. The highest BCUT2D eigenvalue weighted by molar-refractivity contribution is 5.74. The molecule has 7 nitrogen and oxygen atoms in total. The van der Waals surface area contributed by atoms with E-state index in [1.165, 1.54) is 19.2 Å². The molecule has 2 amide bonds. The van der Waals surface area contributed by atoms with Gasteiger partial charge in [-0.3, -0.25) is 0 Å². The lowest BCUT2D eigenvalue weighted by Crippen LogP contribution is -2.35. The lowest BCUT2D eigenvalue weighted by Gasteiger charge is -2.08. The number of aromatic nitrogens is 3. The zero-order valence-electron chi connectivity index (χ0n) is 13.9. The number of nitrogens with one attached hydrogen (secondary N) is 2. The van der Waals surface area contributed by atoms with Crippen molar-refractivity contribution in [2.24, 2.45) is 0 Å². The number of hydrogen-bond donors (Lipinski definition) is 2. The molecular weight excluding hydrogens is 325 g/mol. The summed E-state index contributed by atoms with van der Waals surface area (Å²) in [5.41, 5.74) is 2.63. The summed E-state index contributed by atoms with van der Waals surface area (Å²) in [6, 6.07) is 9.22. The quantitative estimate of drug-likeness (QED) is 0.745. The Hall–Kier alpha value is -3.16. The second-order valence-corrected chi connectivity index (χ2v) is 5.27. The Kier molecular flexibility index (Phi) is 4.78. The molecule has 8 heteroatoms. The van der Waals surface area contributed by atoms with Gasteiger partial charge in [-0.25, -0.2) is 18.7 Å². The van der Waals surface area contributed by atoms with Crippen LogP contribution in [0, 0.1) is 5.82 Å². The fourth-order valence-electron chi connectivity index (χ4n) is 2.46. The van der Waals surface area contributed by atoms with Crippen molar-refractivity contribution in [2.75, 3.05) is 13.7 Å². The lowest BCUT2D eigenvalue weighted by molar-refractivity contribution is 0.241. The van der Waals surface area contributed by atoms with E-state index in [1.807, 2.05) is 6.92 Å². The molecule has 0 fully saturated rings. The molecule has 0 saturated carbocycles. The minimum atomic E-state index is -0.325. The first-order valence-corrected chi connectivity index (χ1v) is 7.82. The fourth-order valence-corrected chi connectivity index (χ4v) is 2.46. The Balaban J connectivity index is 2.06. The van der Waals surface area contributed by atoms with Gasteiger partial charge in [0, 0.05) is 18.2 Å². The van der Waals surface area contributed by atoms with E-state index in [0.29, 0.717) is 29.5 Å². The number of halogens is 1. The van der Waals surface area contributed by atoms with Crippen LogP contribution in [0.3, 0.4) is 0 Å². The summed E-state index contributed by atoms with van der Waals surface area (Å²) in [5.74, 6) is 0.101. The van der Waals surface area contributed by atoms with Crippen molar-refractivity contribution >= 4 is 11.7 Å². The molecule has 0 aliphatic rings. The van der Waals surface area contributed by atoms with Gasteiger partial charge in [0.05, 0.1) is 25.0 Å². The maximum atomic E-state index is 13.2. The van der Waals surface area contributed by atoms with Gasteiger partial charge in [-0.1, -0.05) is 0 Å². The van der Waals surface area contributed by atoms with Gasteiger partial charge < -0.3 is 15.4 Å². The number of rotatable bonds is 5. The van der Waals surface area contributed by atoms with Gasteiger partial charge in [0.15, 0.2) is 5.65 Å². The summed E-state index contributed by atoms with van der Waals surface area (Å²) >= 11 is 0. The van der Waals surface area contributed by atoms with Crippen LogP contribution in [0.25, 0.3) is 16.9 Å². The largest absolute Gasteiger partial charge is 0.480 e. The van der Waals surface area contributed by atoms with Gasteiger partial charge in [-0.2, -0.15) is 0 Å². The van der Waals surface area contributed by atoms with Gasteiger partial charge in [0.2, 0.25) is 5.88 Å². The summed E-state index contributed by atoms with van der Waals surface area (Å²) < 4.78 is 20.0. The number of hydrogen-bond acceptors (Lipinski definition) is 4. The Morgan fingerprint density at radius 3 is 2.64 bits per heavy atom. The average molecular weight is 343 g/mol. The predicted molar refractivity (Wildman–Crippen MR) is 90.8 cm³/mol. The molecule has 0 aliphatic carbocycles. The number of ether oxygens (including phenoxy) is 1. The van der Waals surface area contributed by atoms with E-state index in [-0.39, 0.29) is 18.4 Å². The van der Waals surface area contributed by atoms with Crippen LogP contribution in [-0.2, 0) is 6.54 Å². The molecule has 0 atom stereocenters. The molecule has 130 valence electrons. The molecule has 1 aromatic carbocycles. The minimum Gasteiger partial charge on any atom is -0.480 e. The van der Waals surface area contributed by atoms with Crippen LogP contribution in [0.15, 0.2) is 36.4 Å². The molecule has 0 saturated heterocycles. The number of imidazole rings is 1. The van der Waals surface area contributed by atoms with Crippen molar-refractivity contribution < 1.29 is 13.9 Å². The summed E-state index contributed by atoms with van der Waals surface area (Å²) in [7, 11) is 1.53. The maximum Gasteiger partial charge on any atom is 0.315 e. The monoisotopic (exact) mass is 343 g/mol. The number of amides is 2. The van der Waals surface area contributed by atoms with Gasteiger partial charge >= 0.3 is 6.03 Å². The van der Waals surface area contributed by atoms with Crippen LogP contribution in [0.4, 0.5) is 9.18 Å². The fraction of sp³-hybridized carbons (Fsp3) is 0.235. The molecule has 0 radical (unpaired) electrons. The lowest BCUT2D eigenvalue weighted by atomic mass is 10.1. The molecule has 2 heterocycles. The highest BCUT2D eigenvalue weighted by atomic mass is 19.1. The van der Waals surface area contributed by atoms with E-state index in [1.54, 1.807) is 28.8 Å². The van der Waals surface area contributed by atoms with Crippen molar-refractivity contribution in [3.63, 3.8) is 0 Å². The van der Waals surface area contributed by atoms with E-state index in [4.69, 9.17) is 4.74 Å². The third-order valence-corrected chi connectivity index (χ3v) is 3.63. The molecule has 0 unspecified atom stereocenters. The standard InChI is InChI=1S/C17H18FN5O2/c1-3-19-17(24)20-10-13-16(11-4-6-12(18)7-5-11)21-14-8-9-15(25-2)22-23(13)14/h4-9H,3,10H2,1-2H3,(H2,19,20,24). The van der Waals surface area contributed by atoms with E-state index < -0.39 is 0 Å². The maximum absolute atomic E-state index is 13.2. The average Bonchev–Trinajstić information content (AvgIpc) is 2.98. The summed E-state index contributed by atoms with van der Waals surface area (Å²) in [5, 5.41) is 9.81. The van der Waals surface area contributed by atoms with E-state index in [0.717, 1.165) is 5.56 Å². The summed E-state index contributed by atoms with van der Waals surface area (Å²) in [6.07, 6.45) is 0. The second kappa shape index (κ2) is 7.16. The van der Waals surface area contributed by atoms with Crippen molar-refractivity contribution in [3.05, 3.63) is 47.9 Å². The van der Waals surface area contributed by atoms with Crippen molar-refractivity contribution in [1.82, 2.24) is 25.2 Å². The van der Waals surface area contributed by atoms with Crippen LogP contribution in [0.2, 0.25) is 0 Å². The smallest absolute Gasteiger partial charge is 0.315 e. The van der Waals surface area contributed by atoms with Crippen molar-refractivity contribution in [1.29, 1.82) is 0 Å². The van der Waals surface area contributed by atoms with Crippen LogP contribution >= 0.6 is 0 Å². The van der Waals surface area contributed by atoms with Gasteiger partial charge in [0.25, 0.3) is 0 Å². The number of fused-ring (bicyclic) bond motifs is 1. The van der Waals surface area contributed by atoms with E-state index in [9.17, 15) is 9.18 Å². The highest BCUT2D eigenvalue weighted by Crippen LogP contribution is 2.25. The molecule has 3 aromatic rings. The minimum absolute atomic E-state index is 0.208. The first-order valence-electron chi connectivity index (χ1n) is 7.82. The predicted octanol–water partition coefficient (Wildman–Crippen LogP) is 2.36. The van der Waals surface area contributed by atoms with Gasteiger partial charge in [0.1, 0.15) is 5.82 Å². The first kappa shape index (κ1) is 16.7. The van der Waals surface area contributed by atoms with Crippen LogP contribution < -0.4 is 15.4 Å². The van der Waals surface area contributed by atoms with Gasteiger partial charge in [-0.15, -0.1) is 5.10 Å². The molecular formula is C17H18FN5O2. The number of benzene rings is 1. The Morgan fingerprint density at radius 2 is 1.96 bits per heavy atom. The Morgan fingerprint density at radius 1 is 1.20 bits per heavy atom. The molecule has 0 spiro atoms. The topological polar surface area (TPSA) is 80.5 Å². The second-order valence-electron chi connectivity index (χ2n) is 5.27. The third-order valence-electron chi connectivity index (χ3n) is 3.63. The Bertz CT molecular complexity index is 892. The van der Waals surface area contributed by atoms with Crippen molar-refractivity contribution in [3.8, 4) is 17.1 Å². The highest BCUT2D eigenvalue weighted by Gasteiger charge is 2.16. The van der Waals surface area contributed by atoms with Crippen LogP contribution in [0.5, 0.6) is 5.88 Å². The van der Waals surface area contributed by atoms with E-state index in [2.05, 4.69) is 20.7 Å². The molecule has 3 rings (SSSR count). The number of nitrogens with zero attached hydrogens (tertiary/aromatic N) is 3. The normalized spacial score (nSPS) is 10.7. The number of carbonyl (C=O) groups excluding carboxylic acids is 1. The third kappa shape index (κ3) is 3.52.